The molecule has 0 spiro atoms. The molecule has 5 heteroatoms. The number of rotatable bonds is 4. The molecule has 0 radical (unpaired) electrons. The Morgan fingerprint density at radius 3 is 2.90 bits per heavy atom. The molecule has 0 aliphatic carbocycles. The molecule has 21 heavy (non-hydrogen) atoms. The van der Waals surface area contributed by atoms with Crippen molar-refractivity contribution in [3.63, 3.8) is 0 Å². The van der Waals surface area contributed by atoms with E-state index in [1.165, 1.54) is 13.2 Å². The van der Waals surface area contributed by atoms with Crippen molar-refractivity contribution in [2.75, 3.05) is 20.2 Å². The van der Waals surface area contributed by atoms with E-state index in [4.69, 9.17) is 4.74 Å². The number of piperidine rings is 1. The average molecular weight is 294 g/mol. The number of amides is 1. The van der Waals surface area contributed by atoms with Gasteiger partial charge in [-0.1, -0.05) is 6.07 Å². The average Bonchev–Trinajstić information content (AvgIpc) is 2.48. The highest BCUT2D eigenvalue weighted by Crippen LogP contribution is 2.28. The van der Waals surface area contributed by atoms with Crippen molar-refractivity contribution in [3.05, 3.63) is 29.6 Å². The molecule has 1 aromatic carbocycles. The summed E-state index contributed by atoms with van der Waals surface area (Å²) in [7, 11) is 1.43. The number of methoxy groups -OCH3 is 1. The van der Waals surface area contributed by atoms with Gasteiger partial charge in [0.25, 0.3) is 0 Å². The third-order valence-electron chi connectivity index (χ3n) is 4.17. The summed E-state index contributed by atoms with van der Waals surface area (Å²) in [6.07, 6.45) is 1.88. The summed E-state index contributed by atoms with van der Waals surface area (Å²) < 4.78 is 18.4. The Hall–Kier alpha value is -1.62. The minimum absolute atomic E-state index is 0.0329. The van der Waals surface area contributed by atoms with Crippen LogP contribution in [0.5, 0.6) is 5.75 Å². The van der Waals surface area contributed by atoms with E-state index in [-0.39, 0.29) is 23.1 Å². The molecule has 1 aliphatic heterocycles. The van der Waals surface area contributed by atoms with Crippen molar-refractivity contribution >= 4 is 5.91 Å². The summed E-state index contributed by atoms with van der Waals surface area (Å²) in [5.74, 6) is -0.173. The van der Waals surface area contributed by atoms with Gasteiger partial charge in [0.05, 0.1) is 18.6 Å². The fourth-order valence-corrected chi connectivity index (χ4v) is 2.65. The van der Waals surface area contributed by atoms with Crippen LogP contribution in [-0.4, -0.2) is 26.1 Å². The number of ether oxygens (including phenoxy) is 1. The minimum atomic E-state index is -0.400. The molecule has 116 valence electrons. The number of nitrogens with one attached hydrogen (secondary N) is 2. The monoisotopic (exact) mass is 294 g/mol. The van der Waals surface area contributed by atoms with E-state index in [0.717, 1.165) is 24.9 Å². The number of carbonyl (C=O) groups is 1. The maximum absolute atomic E-state index is 13.4. The standard InChI is InChI=1S/C16H23FN2O2/c1-11(12-5-6-13(17)14(9-12)21-3)19-15(20)16(2)7-4-8-18-10-16/h5-6,9,11,18H,4,7-8,10H2,1-3H3,(H,19,20)/t11-,16-/m1/s1. The second kappa shape index (κ2) is 6.43. The topological polar surface area (TPSA) is 50.4 Å². The van der Waals surface area contributed by atoms with Gasteiger partial charge in [0.2, 0.25) is 5.91 Å². The first-order valence-corrected chi connectivity index (χ1v) is 7.31. The van der Waals surface area contributed by atoms with Crippen molar-refractivity contribution in [2.45, 2.75) is 32.7 Å². The Morgan fingerprint density at radius 1 is 1.52 bits per heavy atom. The number of hydrogen-bond acceptors (Lipinski definition) is 3. The van der Waals surface area contributed by atoms with Gasteiger partial charge in [0.1, 0.15) is 0 Å². The van der Waals surface area contributed by atoms with Crippen molar-refractivity contribution in [3.8, 4) is 5.75 Å². The van der Waals surface area contributed by atoms with Gasteiger partial charge in [-0.05, 0) is 50.9 Å². The molecule has 4 nitrogen and oxygen atoms in total. The molecule has 1 fully saturated rings. The van der Waals surface area contributed by atoms with Crippen molar-refractivity contribution < 1.29 is 13.9 Å². The first kappa shape index (κ1) is 15.8. The van der Waals surface area contributed by atoms with Crippen molar-refractivity contribution in [1.29, 1.82) is 0 Å². The van der Waals surface area contributed by atoms with Crippen LogP contribution in [0, 0.1) is 11.2 Å². The summed E-state index contributed by atoms with van der Waals surface area (Å²) >= 11 is 0. The van der Waals surface area contributed by atoms with Gasteiger partial charge in [-0.3, -0.25) is 4.79 Å². The van der Waals surface area contributed by atoms with Gasteiger partial charge < -0.3 is 15.4 Å². The second-order valence-corrected chi connectivity index (χ2v) is 5.93. The van der Waals surface area contributed by atoms with Crippen LogP contribution in [0.4, 0.5) is 4.39 Å². The van der Waals surface area contributed by atoms with Gasteiger partial charge in [0.15, 0.2) is 11.6 Å². The molecule has 2 rings (SSSR count). The molecule has 0 saturated carbocycles. The normalized spacial score (nSPS) is 23.4. The summed E-state index contributed by atoms with van der Waals surface area (Å²) in [5, 5.41) is 6.28. The molecule has 1 aliphatic rings. The number of carbonyl (C=O) groups excluding carboxylic acids is 1. The molecule has 2 atom stereocenters. The van der Waals surface area contributed by atoms with E-state index in [2.05, 4.69) is 10.6 Å². The summed E-state index contributed by atoms with van der Waals surface area (Å²) in [4.78, 5) is 12.5. The minimum Gasteiger partial charge on any atom is -0.494 e. The SMILES string of the molecule is COc1cc([C@@H](C)NC(=O)[C@]2(C)CCCNC2)ccc1F. The van der Waals surface area contributed by atoms with Gasteiger partial charge in [-0.15, -0.1) is 0 Å². The van der Waals surface area contributed by atoms with Crippen molar-refractivity contribution in [1.82, 2.24) is 10.6 Å². The summed E-state index contributed by atoms with van der Waals surface area (Å²) in [6, 6.07) is 4.47. The summed E-state index contributed by atoms with van der Waals surface area (Å²) in [5.41, 5.74) is 0.449. The largest absolute Gasteiger partial charge is 0.494 e. The number of halogens is 1. The van der Waals surface area contributed by atoms with Crippen LogP contribution in [0.3, 0.4) is 0 Å². The van der Waals surface area contributed by atoms with E-state index >= 15 is 0 Å². The lowest BCUT2D eigenvalue weighted by atomic mass is 9.81. The molecule has 0 unspecified atom stereocenters. The lowest BCUT2D eigenvalue weighted by molar-refractivity contribution is -0.131. The second-order valence-electron chi connectivity index (χ2n) is 5.93. The maximum Gasteiger partial charge on any atom is 0.227 e. The zero-order valence-electron chi connectivity index (χ0n) is 12.8. The first-order chi connectivity index (χ1) is 9.96. The molecule has 1 amide bonds. The predicted octanol–water partition coefficient (Wildman–Crippen LogP) is 2.40. The number of benzene rings is 1. The lowest BCUT2D eigenvalue weighted by Gasteiger charge is -2.33. The fourth-order valence-electron chi connectivity index (χ4n) is 2.65. The molecular formula is C16H23FN2O2. The highest BCUT2D eigenvalue weighted by Gasteiger charge is 2.35. The Bertz CT molecular complexity index is 513. The van der Waals surface area contributed by atoms with Crippen LogP contribution >= 0.6 is 0 Å². The third kappa shape index (κ3) is 3.53. The van der Waals surface area contributed by atoms with Crippen LogP contribution in [0.2, 0.25) is 0 Å². The van der Waals surface area contributed by atoms with Crippen LogP contribution < -0.4 is 15.4 Å². The molecule has 2 N–H and O–H groups in total. The Balaban J connectivity index is 2.06. The Morgan fingerprint density at radius 2 is 2.29 bits per heavy atom. The smallest absolute Gasteiger partial charge is 0.227 e. The van der Waals surface area contributed by atoms with Gasteiger partial charge in [-0.25, -0.2) is 4.39 Å². The van der Waals surface area contributed by atoms with Crippen LogP contribution in [-0.2, 0) is 4.79 Å². The highest BCUT2D eigenvalue weighted by atomic mass is 19.1. The first-order valence-electron chi connectivity index (χ1n) is 7.31. The lowest BCUT2D eigenvalue weighted by Crippen LogP contribution is -2.49. The van der Waals surface area contributed by atoms with Crippen LogP contribution in [0.1, 0.15) is 38.3 Å². The zero-order valence-corrected chi connectivity index (χ0v) is 12.8. The van der Waals surface area contributed by atoms with E-state index in [0.29, 0.717) is 6.54 Å². The summed E-state index contributed by atoms with van der Waals surface area (Å²) in [6.45, 7) is 5.53. The van der Waals surface area contributed by atoms with E-state index < -0.39 is 5.82 Å². The Kier molecular flexibility index (Phi) is 4.83. The van der Waals surface area contributed by atoms with Gasteiger partial charge >= 0.3 is 0 Å². The van der Waals surface area contributed by atoms with Gasteiger partial charge in [0, 0.05) is 6.54 Å². The molecule has 0 aromatic heterocycles. The Labute approximate surface area is 125 Å². The van der Waals surface area contributed by atoms with E-state index in [1.807, 2.05) is 13.8 Å². The maximum atomic E-state index is 13.4. The van der Waals surface area contributed by atoms with Crippen LogP contribution in [0.25, 0.3) is 0 Å². The fraction of sp³-hybridized carbons (Fsp3) is 0.562. The van der Waals surface area contributed by atoms with E-state index in [9.17, 15) is 9.18 Å². The molecule has 0 bridgehead atoms. The molecular weight excluding hydrogens is 271 g/mol. The number of hydrogen-bond donors (Lipinski definition) is 2. The molecule has 1 heterocycles. The molecule has 1 saturated heterocycles. The third-order valence-corrected chi connectivity index (χ3v) is 4.17. The highest BCUT2D eigenvalue weighted by molar-refractivity contribution is 5.83. The zero-order chi connectivity index (χ0) is 15.5. The van der Waals surface area contributed by atoms with E-state index in [1.54, 1.807) is 12.1 Å². The molecule has 1 aromatic rings. The van der Waals surface area contributed by atoms with Crippen LogP contribution in [0.15, 0.2) is 18.2 Å². The van der Waals surface area contributed by atoms with Gasteiger partial charge in [-0.2, -0.15) is 0 Å². The van der Waals surface area contributed by atoms with Crippen molar-refractivity contribution in [2.24, 2.45) is 5.41 Å². The quantitative estimate of drug-likeness (QED) is 0.896. The predicted molar refractivity (Wildman–Crippen MR) is 79.7 cm³/mol.